The quantitative estimate of drug-likeness (QED) is 0.170. The third-order valence-electron chi connectivity index (χ3n) is 10.7. The molecule has 0 fully saturated rings. The second kappa shape index (κ2) is 11.8. The summed E-state index contributed by atoms with van der Waals surface area (Å²) in [5, 5.41) is 7.46. The number of aromatic nitrogens is 2. The fourth-order valence-corrected chi connectivity index (χ4v) is 8.27. The van der Waals surface area contributed by atoms with E-state index in [9.17, 15) is 0 Å². The van der Waals surface area contributed by atoms with Crippen LogP contribution in [0, 0.1) is 0 Å². The van der Waals surface area contributed by atoms with E-state index in [4.69, 9.17) is 0 Å². The van der Waals surface area contributed by atoms with Gasteiger partial charge in [-0.3, -0.25) is 0 Å². The third kappa shape index (κ3) is 4.74. The Hall–Kier alpha value is -6.58. The fourth-order valence-electron chi connectivity index (χ4n) is 8.27. The van der Waals surface area contributed by atoms with Crippen LogP contribution in [-0.2, 0) is 0 Å². The molecule has 3 nitrogen and oxygen atoms in total. The van der Waals surface area contributed by atoms with Crippen molar-refractivity contribution in [3.63, 3.8) is 0 Å². The number of nitrogens with zero attached hydrogens (tertiary/aromatic N) is 2. The SMILES string of the molecule is C=CC(=CC=Cn1c2ccccc2c2ccccc21)c1ccc(Nc2ccc(-c3ccc4c(c3)C3CC=Cc5c3n-4c3ccccc53)cc2)cc1. The maximum absolute atomic E-state index is 4.10. The summed E-state index contributed by atoms with van der Waals surface area (Å²) < 4.78 is 4.75. The van der Waals surface area contributed by atoms with Gasteiger partial charge in [0.25, 0.3) is 0 Å². The first-order valence-electron chi connectivity index (χ1n) is 17.7. The number of anilines is 2. The topological polar surface area (TPSA) is 21.9 Å². The molecule has 51 heavy (non-hydrogen) atoms. The first kappa shape index (κ1) is 29.3. The van der Waals surface area contributed by atoms with Crippen LogP contribution in [-0.4, -0.2) is 9.13 Å². The molecular formula is C48H35N3. The minimum absolute atomic E-state index is 0.406. The summed E-state index contributed by atoms with van der Waals surface area (Å²) in [5.41, 5.74) is 16.0. The second-order valence-electron chi connectivity index (χ2n) is 13.5. The van der Waals surface area contributed by atoms with E-state index in [2.05, 4.69) is 191 Å². The van der Waals surface area contributed by atoms with Gasteiger partial charge in [0.2, 0.25) is 0 Å². The van der Waals surface area contributed by atoms with Gasteiger partial charge in [-0.1, -0.05) is 116 Å². The summed E-state index contributed by atoms with van der Waals surface area (Å²) in [4.78, 5) is 0. The lowest BCUT2D eigenvalue weighted by Crippen LogP contribution is -2.01. The Morgan fingerprint density at radius 3 is 2.00 bits per heavy atom. The molecule has 0 spiro atoms. The van der Waals surface area contributed by atoms with Crippen LogP contribution in [0.15, 0.2) is 170 Å². The van der Waals surface area contributed by atoms with Gasteiger partial charge in [0.15, 0.2) is 0 Å². The van der Waals surface area contributed by atoms with Gasteiger partial charge in [-0.05, 0) is 94.9 Å². The number of para-hydroxylation sites is 3. The molecule has 8 aromatic rings. The van der Waals surface area contributed by atoms with E-state index in [1.807, 2.05) is 6.08 Å². The molecule has 1 unspecified atom stereocenters. The van der Waals surface area contributed by atoms with E-state index in [-0.39, 0.29) is 0 Å². The number of allylic oxidation sites excluding steroid dienone is 5. The fraction of sp³-hybridized carbons (Fsp3) is 0.0417. The monoisotopic (exact) mass is 653 g/mol. The lowest BCUT2D eigenvalue weighted by atomic mass is 9.86. The van der Waals surface area contributed by atoms with Gasteiger partial charge in [-0.25, -0.2) is 0 Å². The van der Waals surface area contributed by atoms with E-state index in [0.29, 0.717) is 5.92 Å². The highest BCUT2D eigenvalue weighted by Gasteiger charge is 2.34. The Morgan fingerprint density at radius 1 is 0.667 bits per heavy atom. The Bertz CT molecular complexity index is 2690. The van der Waals surface area contributed by atoms with Gasteiger partial charge in [0, 0.05) is 56.6 Å². The second-order valence-corrected chi connectivity index (χ2v) is 13.5. The van der Waals surface area contributed by atoms with Gasteiger partial charge < -0.3 is 14.5 Å². The van der Waals surface area contributed by atoms with Crippen LogP contribution in [0.4, 0.5) is 11.4 Å². The summed E-state index contributed by atoms with van der Waals surface area (Å²) in [5.74, 6) is 0.406. The van der Waals surface area contributed by atoms with E-state index in [1.165, 1.54) is 66.3 Å². The number of rotatable bonds is 7. The van der Waals surface area contributed by atoms with Gasteiger partial charge >= 0.3 is 0 Å². The van der Waals surface area contributed by atoms with Crippen molar-refractivity contribution < 1.29 is 0 Å². The van der Waals surface area contributed by atoms with Crippen LogP contribution in [0.2, 0.25) is 0 Å². The van der Waals surface area contributed by atoms with Crippen molar-refractivity contribution >= 4 is 61.9 Å². The molecule has 242 valence electrons. The number of hydrogen-bond donors (Lipinski definition) is 1. The summed E-state index contributed by atoms with van der Waals surface area (Å²) in [6.45, 7) is 4.10. The molecule has 1 atom stereocenters. The molecule has 3 heterocycles. The summed E-state index contributed by atoms with van der Waals surface area (Å²) in [6.07, 6.45) is 14.0. The molecular weight excluding hydrogens is 619 g/mol. The third-order valence-corrected chi connectivity index (χ3v) is 10.7. The van der Waals surface area contributed by atoms with Crippen LogP contribution in [0.5, 0.6) is 0 Å². The smallest absolute Gasteiger partial charge is 0.0538 e. The Balaban J connectivity index is 0.863. The van der Waals surface area contributed by atoms with Crippen molar-refractivity contribution in [2.45, 2.75) is 12.3 Å². The Kier molecular flexibility index (Phi) is 6.78. The number of fused-ring (bicyclic) bond motifs is 9. The van der Waals surface area contributed by atoms with Crippen molar-refractivity contribution in [2.24, 2.45) is 0 Å². The summed E-state index contributed by atoms with van der Waals surface area (Å²) in [6, 6.07) is 50.2. The molecule has 0 amide bonds. The summed E-state index contributed by atoms with van der Waals surface area (Å²) >= 11 is 0. The molecule has 0 saturated heterocycles. The molecule has 2 aromatic heterocycles. The highest BCUT2D eigenvalue weighted by molar-refractivity contribution is 6.09. The lowest BCUT2D eigenvalue weighted by Gasteiger charge is -2.16. The first-order valence-corrected chi connectivity index (χ1v) is 17.7. The molecule has 2 aliphatic rings. The zero-order valence-electron chi connectivity index (χ0n) is 28.1. The van der Waals surface area contributed by atoms with E-state index in [0.717, 1.165) is 28.9 Å². The van der Waals surface area contributed by atoms with Crippen LogP contribution in [0.25, 0.3) is 67.4 Å². The Labute approximate surface area is 297 Å². The molecule has 1 aliphatic heterocycles. The minimum Gasteiger partial charge on any atom is -0.356 e. The molecule has 3 heteroatoms. The van der Waals surface area contributed by atoms with Crippen LogP contribution in [0.3, 0.4) is 0 Å². The van der Waals surface area contributed by atoms with Crippen LogP contribution < -0.4 is 5.32 Å². The molecule has 1 N–H and O–H groups in total. The zero-order chi connectivity index (χ0) is 33.9. The highest BCUT2D eigenvalue weighted by Crippen LogP contribution is 2.49. The molecule has 0 saturated carbocycles. The molecule has 0 radical (unpaired) electrons. The average molecular weight is 654 g/mol. The highest BCUT2D eigenvalue weighted by atomic mass is 15.0. The van der Waals surface area contributed by atoms with Gasteiger partial charge in [-0.2, -0.15) is 0 Å². The summed E-state index contributed by atoms with van der Waals surface area (Å²) in [7, 11) is 0. The van der Waals surface area contributed by atoms with Gasteiger partial charge in [0.1, 0.15) is 0 Å². The molecule has 0 bridgehead atoms. The maximum Gasteiger partial charge on any atom is 0.0538 e. The maximum atomic E-state index is 4.10. The predicted octanol–water partition coefficient (Wildman–Crippen LogP) is 12.8. The van der Waals surface area contributed by atoms with E-state index in [1.54, 1.807) is 0 Å². The lowest BCUT2D eigenvalue weighted by molar-refractivity contribution is 0.820. The number of hydrogen-bond acceptors (Lipinski definition) is 1. The van der Waals surface area contributed by atoms with Crippen molar-refractivity contribution in [1.29, 1.82) is 0 Å². The Morgan fingerprint density at radius 2 is 1.29 bits per heavy atom. The molecule has 6 aromatic carbocycles. The predicted molar refractivity (Wildman–Crippen MR) is 217 cm³/mol. The molecule has 1 aliphatic carbocycles. The van der Waals surface area contributed by atoms with Crippen molar-refractivity contribution in [3.8, 4) is 16.8 Å². The number of benzene rings is 6. The minimum atomic E-state index is 0.406. The van der Waals surface area contributed by atoms with Crippen LogP contribution in [0.1, 0.15) is 34.7 Å². The standard InChI is InChI=1S/C48H35N3/c1-2-32(11-10-30-50-44-17-6-3-12-38(44)39-13-4-7-18-45(39)50)33-20-25-36(26-21-33)49-37-27-22-34(23-28-37)35-24-29-47-43(31-35)42-16-9-15-41-40-14-5-8-19-46(40)51(47)48(41)42/h2-15,17-31,42,49H,1,16H2. The van der Waals surface area contributed by atoms with Crippen molar-refractivity contribution in [1.82, 2.24) is 9.13 Å². The average Bonchev–Trinajstić information content (AvgIpc) is 3.82. The van der Waals surface area contributed by atoms with Crippen molar-refractivity contribution in [3.05, 3.63) is 193 Å². The normalized spacial score (nSPS) is 14.8. The molecule has 10 rings (SSSR count). The zero-order valence-corrected chi connectivity index (χ0v) is 28.1. The van der Waals surface area contributed by atoms with E-state index >= 15 is 0 Å². The van der Waals surface area contributed by atoms with Gasteiger partial charge in [0.05, 0.1) is 16.6 Å². The van der Waals surface area contributed by atoms with Crippen LogP contribution >= 0.6 is 0 Å². The first-order chi connectivity index (χ1) is 25.2. The van der Waals surface area contributed by atoms with Crippen molar-refractivity contribution in [2.75, 3.05) is 5.32 Å². The number of nitrogens with one attached hydrogen (secondary N) is 1. The largest absolute Gasteiger partial charge is 0.356 e. The van der Waals surface area contributed by atoms with Gasteiger partial charge in [-0.15, -0.1) is 0 Å². The van der Waals surface area contributed by atoms with E-state index < -0.39 is 0 Å².